The summed E-state index contributed by atoms with van der Waals surface area (Å²) in [5, 5.41) is 9.92. The first-order valence-corrected chi connectivity index (χ1v) is 5.92. The van der Waals surface area contributed by atoms with Crippen LogP contribution < -0.4 is 0 Å². The highest BCUT2D eigenvalue weighted by molar-refractivity contribution is 4.97. The van der Waals surface area contributed by atoms with Crippen molar-refractivity contribution < 1.29 is 5.11 Å². The summed E-state index contributed by atoms with van der Waals surface area (Å²) in [5.41, 5.74) is 0. The van der Waals surface area contributed by atoms with Crippen molar-refractivity contribution in [1.29, 1.82) is 0 Å². The van der Waals surface area contributed by atoms with Crippen molar-refractivity contribution in [3.05, 3.63) is 0 Å². The first kappa shape index (κ1) is 11.6. The molecule has 1 aliphatic carbocycles. The Kier molecular flexibility index (Phi) is 5.71. The maximum Gasteiger partial charge on any atom is 0.0677 e. The molecule has 1 nitrogen and oxygen atoms in total. The van der Waals surface area contributed by atoms with Crippen LogP contribution in [0.1, 0.15) is 58.3 Å². The molecule has 1 aliphatic rings. The topological polar surface area (TPSA) is 20.2 Å². The summed E-state index contributed by atoms with van der Waals surface area (Å²) in [6.45, 7) is 1.84. The molecule has 0 aromatic heterocycles. The quantitative estimate of drug-likeness (QED) is 0.670. The molecule has 0 bridgehead atoms. The lowest BCUT2D eigenvalue weighted by atomic mass is 9.86. The molecule has 0 aromatic rings. The number of rotatable bonds is 2. The lowest BCUT2D eigenvalue weighted by Gasteiger charge is -2.23. The molecule has 0 saturated heterocycles. The molecule has 0 radical (unpaired) electrons. The van der Waals surface area contributed by atoms with Crippen LogP contribution in [0.2, 0.25) is 0 Å². The van der Waals surface area contributed by atoms with Crippen LogP contribution in [0.3, 0.4) is 0 Å². The molecular weight excluding hydrogens is 172 g/mol. The van der Waals surface area contributed by atoms with Gasteiger partial charge in [-0.3, -0.25) is 0 Å². The standard InChI is InChI=1S/C13H22O/c1-2-3-11-13(14)12-9-7-5-4-6-8-10-12/h12-14H,4-11H2,1H3. The second-order valence-corrected chi connectivity index (χ2v) is 4.30. The van der Waals surface area contributed by atoms with Gasteiger partial charge in [0.1, 0.15) is 0 Å². The zero-order valence-corrected chi connectivity index (χ0v) is 9.26. The molecule has 1 heteroatoms. The van der Waals surface area contributed by atoms with E-state index in [9.17, 15) is 5.11 Å². The second kappa shape index (κ2) is 6.90. The van der Waals surface area contributed by atoms with Gasteiger partial charge in [-0.2, -0.15) is 0 Å². The first-order valence-electron chi connectivity index (χ1n) is 5.92. The van der Waals surface area contributed by atoms with E-state index in [4.69, 9.17) is 0 Å². The molecule has 0 aromatic carbocycles. The Morgan fingerprint density at radius 1 is 1.14 bits per heavy atom. The summed E-state index contributed by atoms with van der Waals surface area (Å²) in [7, 11) is 0. The van der Waals surface area contributed by atoms with Crippen LogP contribution in [0.25, 0.3) is 0 Å². The van der Waals surface area contributed by atoms with Gasteiger partial charge in [-0.15, -0.1) is 11.8 Å². The summed E-state index contributed by atoms with van der Waals surface area (Å²) in [4.78, 5) is 0. The van der Waals surface area contributed by atoms with E-state index in [0.717, 1.165) is 0 Å². The number of aliphatic hydroxyl groups is 1. The number of hydrogen-bond acceptors (Lipinski definition) is 1. The van der Waals surface area contributed by atoms with Crippen LogP contribution in [-0.4, -0.2) is 11.2 Å². The van der Waals surface area contributed by atoms with E-state index < -0.39 is 0 Å². The van der Waals surface area contributed by atoms with Crippen LogP contribution >= 0.6 is 0 Å². The van der Waals surface area contributed by atoms with Crippen LogP contribution in [-0.2, 0) is 0 Å². The smallest absolute Gasteiger partial charge is 0.0677 e. The van der Waals surface area contributed by atoms with Crippen molar-refractivity contribution in [2.24, 2.45) is 5.92 Å². The minimum atomic E-state index is -0.180. The highest BCUT2D eigenvalue weighted by Crippen LogP contribution is 2.25. The van der Waals surface area contributed by atoms with Gasteiger partial charge in [0.2, 0.25) is 0 Å². The predicted molar refractivity (Wildman–Crippen MR) is 59.9 cm³/mol. The Morgan fingerprint density at radius 3 is 2.29 bits per heavy atom. The van der Waals surface area contributed by atoms with Gasteiger partial charge in [0, 0.05) is 6.42 Å². The largest absolute Gasteiger partial charge is 0.392 e. The Balaban J connectivity index is 2.33. The fourth-order valence-electron chi connectivity index (χ4n) is 2.25. The minimum Gasteiger partial charge on any atom is -0.392 e. The molecule has 1 fully saturated rings. The average molecular weight is 194 g/mol. The maximum atomic E-state index is 9.92. The average Bonchev–Trinajstić information content (AvgIpc) is 2.13. The van der Waals surface area contributed by atoms with E-state index in [1.165, 1.54) is 44.9 Å². The lowest BCUT2D eigenvalue weighted by molar-refractivity contribution is 0.0955. The minimum absolute atomic E-state index is 0.180. The summed E-state index contributed by atoms with van der Waals surface area (Å²) in [6.07, 6.45) is 9.56. The van der Waals surface area contributed by atoms with Crippen molar-refractivity contribution in [2.75, 3.05) is 0 Å². The van der Waals surface area contributed by atoms with Crippen LogP contribution in [0.5, 0.6) is 0 Å². The molecule has 1 N–H and O–H groups in total. The third kappa shape index (κ3) is 4.15. The molecular formula is C13H22O. The Labute approximate surface area is 87.9 Å². The molecule has 1 rings (SSSR count). The Morgan fingerprint density at radius 2 is 1.71 bits per heavy atom. The summed E-state index contributed by atoms with van der Waals surface area (Å²) in [5.74, 6) is 6.35. The molecule has 1 unspecified atom stereocenters. The van der Waals surface area contributed by atoms with Gasteiger partial charge >= 0.3 is 0 Å². The van der Waals surface area contributed by atoms with Crippen LogP contribution in [0.15, 0.2) is 0 Å². The van der Waals surface area contributed by atoms with Gasteiger partial charge in [-0.05, 0) is 25.7 Å². The zero-order valence-electron chi connectivity index (χ0n) is 9.26. The van der Waals surface area contributed by atoms with E-state index in [-0.39, 0.29) is 6.10 Å². The van der Waals surface area contributed by atoms with Gasteiger partial charge in [-0.25, -0.2) is 0 Å². The third-order valence-corrected chi connectivity index (χ3v) is 3.18. The SMILES string of the molecule is CC#CCC(O)C1CCCCCCC1. The fraction of sp³-hybridized carbons (Fsp3) is 0.846. The van der Waals surface area contributed by atoms with Gasteiger partial charge in [0.25, 0.3) is 0 Å². The first-order chi connectivity index (χ1) is 6.84. The predicted octanol–water partition coefficient (Wildman–Crippen LogP) is 3.12. The number of aliphatic hydroxyl groups excluding tert-OH is 1. The molecule has 0 spiro atoms. The summed E-state index contributed by atoms with van der Waals surface area (Å²) >= 11 is 0. The Hall–Kier alpha value is -0.480. The fourth-order valence-corrected chi connectivity index (χ4v) is 2.25. The molecule has 0 aliphatic heterocycles. The molecule has 0 amide bonds. The zero-order chi connectivity index (χ0) is 10.2. The lowest BCUT2D eigenvalue weighted by Crippen LogP contribution is -2.20. The number of hydrogen-bond donors (Lipinski definition) is 1. The van der Waals surface area contributed by atoms with Gasteiger partial charge in [0.05, 0.1) is 6.10 Å². The second-order valence-electron chi connectivity index (χ2n) is 4.30. The van der Waals surface area contributed by atoms with Crippen LogP contribution in [0, 0.1) is 17.8 Å². The third-order valence-electron chi connectivity index (χ3n) is 3.18. The molecule has 1 saturated carbocycles. The Bertz CT molecular complexity index is 191. The van der Waals surface area contributed by atoms with E-state index in [2.05, 4.69) is 11.8 Å². The highest BCUT2D eigenvalue weighted by Gasteiger charge is 2.18. The monoisotopic (exact) mass is 194 g/mol. The highest BCUT2D eigenvalue weighted by atomic mass is 16.3. The van der Waals surface area contributed by atoms with Gasteiger partial charge in [-0.1, -0.05) is 32.1 Å². The molecule has 14 heavy (non-hydrogen) atoms. The van der Waals surface area contributed by atoms with Crippen molar-refractivity contribution in [3.8, 4) is 11.8 Å². The van der Waals surface area contributed by atoms with Crippen molar-refractivity contribution in [3.63, 3.8) is 0 Å². The normalized spacial score (nSPS) is 21.6. The molecule has 1 atom stereocenters. The maximum absolute atomic E-state index is 9.92. The van der Waals surface area contributed by atoms with E-state index in [1.54, 1.807) is 0 Å². The molecule has 80 valence electrons. The summed E-state index contributed by atoms with van der Waals surface area (Å²) in [6, 6.07) is 0. The van der Waals surface area contributed by atoms with Crippen molar-refractivity contribution >= 4 is 0 Å². The van der Waals surface area contributed by atoms with Crippen molar-refractivity contribution in [2.45, 2.75) is 64.4 Å². The van der Waals surface area contributed by atoms with Gasteiger partial charge in [0.15, 0.2) is 0 Å². The van der Waals surface area contributed by atoms with E-state index >= 15 is 0 Å². The van der Waals surface area contributed by atoms with E-state index in [1.807, 2.05) is 6.92 Å². The summed E-state index contributed by atoms with van der Waals surface area (Å²) < 4.78 is 0. The van der Waals surface area contributed by atoms with Gasteiger partial charge < -0.3 is 5.11 Å². The molecule has 0 heterocycles. The van der Waals surface area contributed by atoms with Crippen molar-refractivity contribution in [1.82, 2.24) is 0 Å². The van der Waals surface area contributed by atoms with E-state index in [0.29, 0.717) is 12.3 Å². The van der Waals surface area contributed by atoms with Crippen LogP contribution in [0.4, 0.5) is 0 Å².